The number of nitrogen functional groups attached to an aromatic ring is 1. The van der Waals surface area contributed by atoms with Crippen molar-refractivity contribution in [1.29, 1.82) is 0 Å². The van der Waals surface area contributed by atoms with Crippen LogP contribution in [-0.2, 0) is 10.1 Å². The molecule has 0 saturated carbocycles. The molecule has 1 rings (SSSR count). The molecule has 0 spiro atoms. The Bertz CT molecular complexity index is 388. The van der Waals surface area contributed by atoms with Gasteiger partial charge in [-0.2, -0.15) is 8.42 Å². The maximum Gasteiger partial charge on any atom is 0.274 e. The van der Waals surface area contributed by atoms with Crippen molar-refractivity contribution in [3.05, 3.63) is 24.3 Å². The van der Waals surface area contributed by atoms with Crippen LogP contribution in [0.15, 0.2) is 29.2 Å². The van der Waals surface area contributed by atoms with E-state index in [-0.39, 0.29) is 5.08 Å². The van der Waals surface area contributed by atoms with Crippen molar-refractivity contribution in [2.24, 2.45) is 0 Å². The van der Waals surface area contributed by atoms with Crippen molar-refractivity contribution in [2.45, 2.75) is 4.90 Å². The average Bonchev–Trinajstić information content (AvgIpc) is 2.01. The molecule has 1 aromatic carbocycles. The molecule has 0 aliphatic heterocycles. The molecule has 0 heterocycles. The minimum absolute atomic E-state index is 0.374. The zero-order valence-corrected chi connectivity index (χ0v) is 8.31. The van der Waals surface area contributed by atoms with Gasteiger partial charge in [-0.1, -0.05) is 12.1 Å². The number of hydrogen-bond donors (Lipinski definition) is 2. The zero-order chi connectivity index (χ0) is 9.90. The molecule has 0 aliphatic rings. The predicted octanol–water partition coefficient (Wildman–Crippen LogP) is 1.21. The monoisotopic (exact) mass is 219 g/mol. The second kappa shape index (κ2) is 3.99. The Balaban J connectivity index is 2.71. The Morgan fingerprint density at radius 3 is 2.54 bits per heavy atom. The normalized spacial score (nSPS) is 11.5. The summed E-state index contributed by atoms with van der Waals surface area (Å²) in [7, 11) is -3.93. The molecule has 0 saturated heterocycles. The van der Waals surface area contributed by atoms with E-state index in [1.807, 2.05) is 0 Å². The number of nitrogens with two attached hydrogens (primary N) is 1. The molecule has 0 unspecified atom stereocenters. The third-order valence-electron chi connectivity index (χ3n) is 1.28. The van der Waals surface area contributed by atoms with Crippen LogP contribution in [0, 0.1) is 0 Å². The number of para-hydroxylation sites is 1. The van der Waals surface area contributed by atoms with E-state index in [9.17, 15) is 8.42 Å². The van der Waals surface area contributed by atoms with Crippen LogP contribution in [0.4, 0.5) is 5.69 Å². The molecule has 4 nitrogen and oxygen atoms in total. The predicted molar refractivity (Wildman–Crippen MR) is 53.1 cm³/mol. The van der Waals surface area contributed by atoms with E-state index in [2.05, 4.69) is 0 Å². The second-order valence-corrected chi connectivity index (χ2v) is 5.22. The standard InChI is InChI=1S/C7H9NO3S2/c8-6-3-1-2-4-7(6)12-5-13(9,10)11/h1-4H,5,8H2,(H,9,10,11). The Labute approximate surface area is 80.9 Å². The number of rotatable bonds is 3. The third kappa shape index (κ3) is 3.67. The van der Waals surface area contributed by atoms with Crippen molar-refractivity contribution in [2.75, 3.05) is 10.8 Å². The molecule has 3 N–H and O–H groups in total. The molecule has 1 aromatic rings. The Hall–Kier alpha value is -0.720. The van der Waals surface area contributed by atoms with Crippen LogP contribution in [0.2, 0.25) is 0 Å². The number of hydrogen-bond acceptors (Lipinski definition) is 4. The van der Waals surface area contributed by atoms with Gasteiger partial charge in [0.25, 0.3) is 10.1 Å². The summed E-state index contributed by atoms with van der Waals surface area (Å²) in [6.07, 6.45) is 0. The largest absolute Gasteiger partial charge is 0.398 e. The van der Waals surface area contributed by atoms with Crippen molar-refractivity contribution in [3.8, 4) is 0 Å². The van der Waals surface area contributed by atoms with Crippen LogP contribution in [0.3, 0.4) is 0 Å². The summed E-state index contributed by atoms with van der Waals surface area (Å²) in [5.74, 6) is 0. The molecular formula is C7H9NO3S2. The average molecular weight is 219 g/mol. The van der Waals surface area contributed by atoms with Crippen LogP contribution in [-0.4, -0.2) is 18.1 Å². The first-order chi connectivity index (χ1) is 5.99. The molecule has 0 atom stereocenters. The first-order valence-electron chi connectivity index (χ1n) is 3.41. The van der Waals surface area contributed by atoms with Gasteiger partial charge in [0.05, 0.1) is 0 Å². The van der Waals surface area contributed by atoms with Gasteiger partial charge in [0.1, 0.15) is 5.08 Å². The van der Waals surface area contributed by atoms with Gasteiger partial charge in [0.15, 0.2) is 0 Å². The maximum absolute atomic E-state index is 10.4. The molecule has 72 valence electrons. The van der Waals surface area contributed by atoms with Crippen molar-refractivity contribution in [1.82, 2.24) is 0 Å². The van der Waals surface area contributed by atoms with E-state index in [0.29, 0.717) is 10.6 Å². The topological polar surface area (TPSA) is 80.4 Å². The summed E-state index contributed by atoms with van der Waals surface area (Å²) in [6, 6.07) is 6.88. The lowest BCUT2D eigenvalue weighted by Crippen LogP contribution is -2.00. The van der Waals surface area contributed by atoms with Gasteiger partial charge >= 0.3 is 0 Å². The zero-order valence-electron chi connectivity index (χ0n) is 6.67. The van der Waals surface area contributed by atoms with E-state index in [0.717, 1.165) is 11.8 Å². The van der Waals surface area contributed by atoms with E-state index < -0.39 is 10.1 Å². The fraction of sp³-hybridized carbons (Fsp3) is 0.143. The van der Waals surface area contributed by atoms with Gasteiger partial charge in [-0.3, -0.25) is 4.55 Å². The van der Waals surface area contributed by atoms with Gasteiger partial charge < -0.3 is 5.73 Å². The minimum atomic E-state index is -3.93. The highest BCUT2D eigenvalue weighted by Gasteiger charge is 2.06. The number of anilines is 1. The maximum atomic E-state index is 10.4. The Kier molecular flexibility index (Phi) is 3.18. The summed E-state index contributed by atoms with van der Waals surface area (Å²) in [5, 5.41) is -0.374. The van der Waals surface area contributed by atoms with Crippen LogP contribution >= 0.6 is 11.8 Å². The molecule has 0 amide bonds. The number of benzene rings is 1. The summed E-state index contributed by atoms with van der Waals surface area (Å²) < 4.78 is 29.3. The smallest absolute Gasteiger partial charge is 0.274 e. The fourth-order valence-corrected chi connectivity index (χ4v) is 2.26. The summed E-state index contributed by atoms with van der Waals surface area (Å²) in [5.41, 5.74) is 6.06. The summed E-state index contributed by atoms with van der Waals surface area (Å²) in [6.45, 7) is 0. The molecule has 0 aliphatic carbocycles. The lowest BCUT2D eigenvalue weighted by atomic mass is 10.3. The second-order valence-electron chi connectivity index (χ2n) is 2.38. The Morgan fingerprint density at radius 1 is 1.38 bits per heavy atom. The van der Waals surface area contributed by atoms with Crippen LogP contribution in [0.1, 0.15) is 0 Å². The highest BCUT2D eigenvalue weighted by atomic mass is 32.3. The summed E-state index contributed by atoms with van der Waals surface area (Å²) >= 11 is 0.991. The SMILES string of the molecule is Nc1ccccc1SCS(=O)(=O)O. The summed E-state index contributed by atoms with van der Waals surface area (Å²) in [4.78, 5) is 0.653. The van der Waals surface area contributed by atoms with Crippen molar-refractivity contribution < 1.29 is 13.0 Å². The third-order valence-corrected chi connectivity index (χ3v) is 3.63. The van der Waals surface area contributed by atoms with E-state index in [1.54, 1.807) is 24.3 Å². The molecule has 0 bridgehead atoms. The van der Waals surface area contributed by atoms with E-state index in [4.69, 9.17) is 10.3 Å². The molecular weight excluding hydrogens is 210 g/mol. The fourth-order valence-electron chi connectivity index (χ4n) is 0.750. The van der Waals surface area contributed by atoms with Crippen LogP contribution in [0.25, 0.3) is 0 Å². The lowest BCUT2D eigenvalue weighted by molar-refractivity contribution is 0.489. The van der Waals surface area contributed by atoms with Crippen molar-refractivity contribution in [3.63, 3.8) is 0 Å². The van der Waals surface area contributed by atoms with Gasteiger partial charge in [-0.25, -0.2) is 0 Å². The van der Waals surface area contributed by atoms with Crippen LogP contribution < -0.4 is 5.73 Å². The van der Waals surface area contributed by atoms with Gasteiger partial charge in [0.2, 0.25) is 0 Å². The molecule has 0 aromatic heterocycles. The van der Waals surface area contributed by atoms with E-state index in [1.165, 1.54) is 0 Å². The van der Waals surface area contributed by atoms with E-state index >= 15 is 0 Å². The first kappa shape index (κ1) is 10.4. The lowest BCUT2D eigenvalue weighted by Gasteiger charge is -2.02. The minimum Gasteiger partial charge on any atom is -0.398 e. The van der Waals surface area contributed by atoms with Gasteiger partial charge in [-0.15, -0.1) is 11.8 Å². The number of thioether (sulfide) groups is 1. The van der Waals surface area contributed by atoms with Gasteiger partial charge in [0, 0.05) is 10.6 Å². The first-order valence-corrected chi connectivity index (χ1v) is 6.01. The van der Waals surface area contributed by atoms with Gasteiger partial charge in [-0.05, 0) is 12.1 Å². The molecule has 0 radical (unpaired) electrons. The van der Waals surface area contributed by atoms with Crippen LogP contribution in [0.5, 0.6) is 0 Å². The Morgan fingerprint density at radius 2 is 2.00 bits per heavy atom. The molecule has 6 heteroatoms. The highest BCUT2D eigenvalue weighted by molar-refractivity contribution is 8.10. The quantitative estimate of drug-likeness (QED) is 0.453. The van der Waals surface area contributed by atoms with Crippen molar-refractivity contribution >= 4 is 27.6 Å². The molecule has 0 fully saturated rings. The highest BCUT2D eigenvalue weighted by Crippen LogP contribution is 2.24. The molecule has 13 heavy (non-hydrogen) atoms.